The highest BCUT2D eigenvalue weighted by atomic mass is 32.2. The number of aromatic carboxylic acids is 1. The molecule has 0 bridgehead atoms. The van der Waals surface area contributed by atoms with E-state index in [0.717, 1.165) is 11.1 Å². The third-order valence-electron chi connectivity index (χ3n) is 6.52. The predicted molar refractivity (Wildman–Crippen MR) is 151 cm³/mol. The molecule has 9 nitrogen and oxygen atoms in total. The Bertz CT molecular complexity index is 1690. The lowest BCUT2D eigenvalue weighted by Crippen LogP contribution is -2.37. The Balaban J connectivity index is 1.46. The van der Waals surface area contributed by atoms with Gasteiger partial charge in [-0.15, -0.1) is 0 Å². The standard InChI is InChI=1S/C31H27NO8S/c1-2-6-22-17-24(31(34)35)12-15-26(22)40-29(23-11-16-27-28(18-23)39-19-38-27)30(33)32-41(36,37)25-13-9-21(10-14-25)20-7-4-3-5-8-20/h3-5,7-18,29H,2,6,19H2,1H3,(H,32,33)(H,34,35). The number of aryl methyl sites for hydroxylation is 1. The molecule has 0 fully saturated rings. The molecule has 0 saturated heterocycles. The van der Waals surface area contributed by atoms with Crippen LogP contribution in [0.3, 0.4) is 0 Å². The van der Waals surface area contributed by atoms with Gasteiger partial charge in [0.1, 0.15) is 5.75 Å². The summed E-state index contributed by atoms with van der Waals surface area (Å²) >= 11 is 0. The Kier molecular flexibility index (Phi) is 7.93. The minimum atomic E-state index is -4.27. The van der Waals surface area contributed by atoms with Gasteiger partial charge in [0.25, 0.3) is 15.9 Å². The van der Waals surface area contributed by atoms with Crippen LogP contribution in [-0.2, 0) is 21.2 Å². The number of nitrogens with one attached hydrogen (secondary N) is 1. The lowest BCUT2D eigenvalue weighted by Gasteiger charge is -2.21. The van der Waals surface area contributed by atoms with Crippen LogP contribution in [0, 0.1) is 0 Å². The number of hydrogen-bond acceptors (Lipinski definition) is 7. The zero-order valence-corrected chi connectivity index (χ0v) is 22.9. The maximum atomic E-state index is 13.6. The van der Waals surface area contributed by atoms with Gasteiger partial charge in [0.15, 0.2) is 11.5 Å². The van der Waals surface area contributed by atoms with E-state index >= 15 is 0 Å². The first-order valence-corrected chi connectivity index (χ1v) is 14.4. The number of fused-ring (bicyclic) bond motifs is 1. The molecule has 2 N–H and O–H groups in total. The topological polar surface area (TPSA) is 128 Å². The van der Waals surface area contributed by atoms with E-state index in [9.17, 15) is 23.1 Å². The summed E-state index contributed by atoms with van der Waals surface area (Å²) in [5.74, 6) is -0.891. The molecule has 1 atom stereocenters. The van der Waals surface area contributed by atoms with E-state index < -0.39 is 28.0 Å². The van der Waals surface area contributed by atoms with E-state index in [1.807, 2.05) is 37.3 Å². The zero-order chi connectivity index (χ0) is 29.0. The number of ether oxygens (including phenoxy) is 3. The Morgan fingerprint density at radius 1 is 0.902 bits per heavy atom. The maximum Gasteiger partial charge on any atom is 0.335 e. The number of amides is 1. The van der Waals surface area contributed by atoms with Crippen molar-refractivity contribution in [3.8, 4) is 28.4 Å². The smallest absolute Gasteiger partial charge is 0.335 e. The molecule has 0 spiro atoms. The summed E-state index contributed by atoms with van der Waals surface area (Å²) in [5, 5.41) is 9.43. The van der Waals surface area contributed by atoms with Crippen LogP contribution >= 0.6 is 0 Å². The molecule has 1 unspecified atom stereocenters. The predicted octanol–water partition coefficient (Wildman–Crippen LogP) is 5.36. The van der Waals surface area contributed by atoms with Crippen molar-refractivity contribution in [2.75, 3.05) is 6.79 Å². The molecule has 0 aliphatic carbocycles. The van der Waals surface area contributed by atoms with E-state index in [1.165, 1.54) is 30.3 Å². The van der Waals surface area contributed by atoms with E-state index in [0.29, 0.717) is 35.5 Å². The van der Waals surface area contributed by atoms with Crippen LogP contribution in [0.25, 0.3) is 11.1 Å². The Labute approximate surface area is 237 Å². The van der Waals surface area contributed by atoms with Crippen molar-refractivity contribution in [1.29, 1.82) is 0 Å². The molecular formula is C31H27NO8S. The zero-order valence-electron chi connectivity index (χ0n) is 22.1. The Hall–Kier alpha value is -4.83. The van der Waals surface area contributed by atoms with Crippen LogP contribution < -0.4 is 18.9 Å². The van der Waals surface area contributed by atoms with Crippen LogP contribution in [0.2, 0.25) is 0 Å². The SMILES string of the molecule is CCCc1cc(C(=O)O)ccc1OC(C(=O)NS(=O)(=O)c1ccc(-c2ccccc2)cc1)c1ccc2c(c1)OCO2. The number of rotatable bonds is 10. The molecule has 210 valence electrons. The first-order chi connectivity index (χ1) is 19.7. The summed E-state index contributed by atoms with van der Waals surface area (Å²) < 4.78 is 45.6. The molecule has 10 heteroatoms. The average molecular weight is 574 g/mol. The summed E-state index contributed by atoms with van der Waals surface area (Å²) in [4.78, 5) is 25.0. The largest absolute Gasteiger partial charge is 0.478 e. The lowest BCUT2D eigenvalue weighted by molar-refractivity contribution is -0.126. The molecule has 1 heterocycles. The molecule has 4 aromatic carbocycles. The average Bonchev–Trinajstić information content (AvgIpc) is 3.45. The Morgan fingerprint density at radius 3 is 2.32 bits per heavy atom. The van der Waals surface area contributed by atoms with Crippen molar-refractivity contribution in [1.82, 2.24) is 4.72 Å². The highest BCUT2D eigenvalue weighted by Crippen LogP contribution is 2.36. The second kappa shape index (κ2) is 11.7. The van der Waals surface area contributed by atoms with Gasteiger partial charge in [-0.3, -0.25) is 4.79 Å². The molecule has 5 rings (SSSR count). The molecule has 41 heavy (non-hydrogen) atoms. The molecule has 0 radical (unpaired) electrons. The molecule has 4 aromatic rings. The van der Waals surface area contributed by atoms with Crippen LogP contribution in [-0.4, -0.2) is 32.2 Å². The number of carboxylic acid groups (broad SMARTS) is 1. The molecule has 1 amide bonds. The van der Waals surface area contributed by atoms with Crippen molar-refractivity contribution in [2.45, 2.75) is 30.8 Å². The highest BCUT2D eigenvalue weighted by molar-refractivity contribution is 7.90. The molecular weight excluding hydrogens is 546 g/mol. The van der Waals surface area contributed by atoms with Gasteiger partial charge in [-0.2, -0.15) is 0 Å². The van der Waals surface area contributed by atoms with Crippen molar-refractivity contribution in [3.05, 3.63) is 108 Å². The lowest BCUT2D eigenvalue weighted by atomic mass is 10.0. The van der Waals surface area contributed by atoms with Crippen LogP contribution in [0.5, 0.6) is 17.2 Å². The van der Waals surface area contributed by atoms with Gasteiger partial charge in [0, 0.05) is 5.56 Å². The normalized spacial score (nSPS) is 12.9. The number of sulfonamides is 1. The fourth-order valence-corrected chi connectivity index (χ4v) is 5.45. The van der Waals surface area contributed by atoms with Crippen LogP contribution in [0.15, 0.2) is 95.9 Å². The number of carbonyl (C=O) groups is 2. The fraction of sp³-hybridized carbons (Fsp3) is 0.161. The summed E-state index contributed by atoms with van der Waals surface area (Å²) in [5.41, 5.74) is 2.72. The van der Waals surface area contributed by atoms with E-state index in [1.54, 1.807) is 30.3 Å². The summed E-state index contributed by atoms with van der Waals surface area (Å²) in [6.07, 6.45) is -0.236. The van der Waals surface area contributed by atoms with Gasteiger partial charge >= 0.3 is 5.97 Å². The van der Waals surface area contributed by atoms with Gasteiger partial charge in [0.05, 0.1) is 10.5 Å². The molecule has 0 aromatic heterocycles. The number of carboxylic acids is 1. The minimum Gasteiger partial charge on any atom is -0.478 e. The first kappa shape index (κ1) is 27.7. The molecule has 1 aliphatic heterocycles. The molecule has 0 saturated carbocycles. The summed E-state index contributed by atoms with van der Waals surface area (Å²) in [6.45, 7) is 1.94. The van der Waals surface area contributed by atoms with Crippen LogP contribution in [0.1, 0.15) is 40.9 Å². The van der Waals surface area contributed by atoms with Crippen molar-refractivity contribution >= 4 is 21.9 Å². The van der Waals surface area contributed by atoms with Gasteiger partial charge in [0.2, 0.25) is 12.9 Å². The number of hydrogen-bond donors (Lipinski definition) is 2. The van der Waals surface area contributed by atoms with Gasteiger partial charge in [-0.1, -0.05) is 61.9 Å². The quantitative estimate of drug-likeness (QED) is 0.260. The second-order valence-electron chi connectivity index (χ2n) is 9.35. The van der Waals surface area contributed by atoms with Crippen LogP contribution in [0.4, 0.5) is 0 Å². The summed E-state index contributed by atoms with van der Waals surface area (Å²) in [6, 6.07) is 24.8. The van der Waals surface area contributed by atoms with E-state index in [-0.39, 0.29) is 23.0 Å². The number of carbonyl (C=O) groups excluding carboxylic acids is 1. The van der Waals surface area contributed by atoms with Gasteiger partial charge in [-0.05, 0) is 65.6 Å². The van der Waals surface area contributed by atoms with Gasteiger partial charge in [-0.25, -0.2) is 17.9 Å². The van der Waals surface area contributed by atoms with E-state index in [2.05, 4.69) is 4.72 Å². The molecule has 1 aliphatic rings. The minimum absolute atomic E-state index is 0.0150. The van der Waals surface area contributed by atoms with Crippen molar-refractivity contribution in [3.63, 3.8) is 0 Å². The first-order valence-electron chi connectivity index (χ1n) is 12.9. The fourth-order valence-electron chi connectivity index (χ4n) is 4.47. The van der Waals surface area contributed by atoms with E-state index in [4.69, 9.17) is 14.2 Å². The monoisotopic (exact) mass is 573 g/mol. The van der Waals surface area contributed by atoms with Crippen molar-refractivity contribution < 1.29 is 37.3 Å². The summed E-state index contributed by atoms with van der Waals surface area (Å²) in [7, 11) is -4.27. The maximum absolute atomic E-state index is 13.6. The van der Waals surface area contributed by atoms with Crippen molar-refractivity contribution in [2.24, 2.45) is 0 Å². The third-order valence-corrected chi connectivity index (χ3v) is 7.88. The third kappa shape index (κ3) is 6.17. The Morgan fingerprint density at radius 2 is 1.61 bits per heavy atom. The second-order valence-corrected chi connectivity index (χ2v) is 11.0. The number of benzene rings is 4. The van der Waals surface area contributed by atoms with Gasteiger partial charge < -0.3 is 19.3 Å². The highest BCUT2D eigenvalue weighted by Gasteiger charge is 2.30.